The predicted octanol–water partition coefficient (Wildman–Crippen LogP) is 5.06. The van der Waals surface area contributed by atoms with Crippen molar-refractivity contribution in [1.29, 1.82) is 0 Å². The van der Waals surface area contributed by atoms with Gasteiger partial charge in [-0.1, -0.05) is 30.3 Å². The first kappa shape index (κ1) is 25.0. The Balaban J connectivity index is 1.74. The quantitative estimate of drug-likeness (QED) is 0.558. The number of carbonyl (C=O) groups excluding carboxylic acids is 1. The number of piperidine rings is 1. The van der Waals surface area contributed by atoms with E-state index in [9.17, 15) is 17.6 Å². The van der Waals surface area contributed by atoms with Gasteiger partial charge in [0.25, 0.3) is 0 Å². The highest BCUT2D eigenvalue weighted by Gasteiger charge is 2.30. The third-order valence-electron chi connectivity index (χ3n) is 5.32. The van der Waals surface area contributed by atoms with Crippen LogP contribution >= 0.6 is 0 Å². The molecule has 0 saturated carbocycles. The number of sulfone groups is 1. The zero-order valence-electron chi connectivity index (χ0n) is 19.2. The van der Waals surface area contributed by atoms with E-state index in [2.05, 4.69) is 0 Å². The number of nitrogens with zero attached hydrogens (tertiary/aromatic N) is 1. The zero-order valence-corrected chi connectivity index (χ0v) is 20.0. The van der Waals surface area contributed by atoms with E-state index in [4.69, 9.17) is 9.47 Å². The fourth-order valence-electron chi connectivity index (χ4n) is 3.72. The first-order chi connectivity index (χ1) is 15.4. The van der Waals surface area contributed by atoms with E-state index in [1.165, 1.54) is 0 Å². The molecule has 3 rings (SSSR count). The predicted molar refractivity (Wildman–Crippen MR) is 121 cm³/mol. The highest BCUT2D eigenvalue weighted by molar-refractivity contribution is 7.90. The van der Waals surface area contributed by atoms with E-state index in [1.807, 2.05) is 0 Å². The molecule has 2 aromatic carbocycles. The second-order valence-electron chi connectivity index (χ2n) is 9.24. The Hall–Kier alpha value is -2.68. The molecule has 1 heterocycles. The number of rotatable bonds is 5. The number of halogens is 2. The lowest BCUT2D eigenvalue weighted by Crippen LogP contribution is -2.42. The molecular weight excluding hydrogens is 452 g/mol. The van der Waals surface area contributed by atoms with Gasteiger partial charge in [-0.2, -0.15) is 0 Å². The Morgan fingerprint density at radius 3 is 2.27 bits per heavy atom. The Labute approximate surface area is 193 Å². The van der Waals surface area contributed by atoms with Crippen molar-refractivity contribution in [3.8, 4) is 16.9 Å². The van der Waals surface area contributed by atoms with Crippen LogP contribution in [0.25, 0.3) is 11.1 Å². The van der Waals surface area contributed by atoms with Crippen molar-refractivity contribution in [2.24, 2.45) is 5.92 Å². The third kappa shape index (κ3) is 6.22. The first-order valence-electron chi connectivity index (χ1n) is 10.7. The van der Waals surface area contributed by atoms with E-state index in [0.717, 1.165) is 12.3 Å². The van der Waals surface area contributed by atoms with Crippen LogP contribution < -0.4 is 4.74 Å². The van der Waals surface area contributed by atoms with Gasteiger partial charge < -0.3 is 14.4 Å². The van der Waals surface area contributed by atoms with Gasteiger partial charge in [0.15, 0.2) is 27.2 Å². The number of carbonyl (C=O) groups is 1. The van der Waals surface area contributed by atoms with Crippen LogP contribution in [0.5, 0.6) is 5.75 Å². The summed E-state index contributed by atoms with van der Waals surface area (Å²) >= 11 is 0. The molecule has 0 radical (unpaired) electrons. The standard InChI is InChI=1S/C24H29F2NO5S/c1-24(2,3)32-23(28)27-12-10-16(11-13-27)15-31-21-19(25)14-18(17-8-6-5-7-9-17)22(20(21)26)33(4,29)30/h5-9,14,16H,10-13,15H2,1-4H3. The largest absolute Gasteiger partial charge is 0.487 e. The Bertz CT molecular complexity index is 1110. The van der Waals surface area contributed by atoms with Crippen LogP contribution in [-0.4, -0.2) is 51.0 Å². The Kier molecular flexibility index (Phi) is 7.31. The van der Waals surface area contributed by atoms with Gasteiger partial charge in [-0.25, -0.2) is 22.0 Å². The van der Waals surface area contributed by atoms with Gasteiger partial charge in [-0.15, -0.1) is 0 Å². The summed E-state index contributed by atoms with van der Waals surface area (Å²) in [6.07, 6.45) is 1.63. The molecule has 6 nitrogen and oxygen atoms in total. The maximum absolute atomic E-state index is 15.2. The van der Waals surface area contributed by atoms with Crippen LogP contribution in [0.2, 0.25) is 0 Å². The van der Waals surface area contributed by atoms with Crippen molar-refractivity contribution in [3.63, 3.8) is 0 Å². The number of hydrogen-bond acceptors (Lipinski definition) is 5. The zero-order chi connectivity index (χ0) is 24.4. The third-order valence-corrected chi connectivity index (χ3v) is 6.46. The van der Waals surface area contributed by atoms with Gasteiger partial charge in [0.05, 0.1) is 6.61 Å². The van der Waals surface area contributed by atoms with E-state index in [-0.39, 0.29) is 18.1 Å². The molecule has 0 unspecified atom stereocenters. The van der Waals surface area contributed by atoms with Crippen LogP contribution in [0.15, 0.2) is 41.3 Å². The molecule has 9 heteroatoms. The molecule has 1 fully saturated rings. The molecule has 0 bridgehead atoms. The number of amides is 1. The molecule has 180 valence electrons. The van der Waals surface area contributed by atoms with Crippen molar-refractivity contribution in [2.75, 3.05) is 26.0 Å². The van der Waals surface area contributed by atoms with Crippen LogP contribution in [0, 0.1) is 17.6 Å². The summed E-state index contributed by atoms with van der Waals surface area (Å²) < 4.78 is 65.6. The van der Waals surface area contributed by atoms with Crippen LogP contribution in [-0.2, 0) is 14.6 Å². The molecule has 0 aliphatic carbocycles. The molecule has 0 aromatic heterocycles. The number of benzene rings is 2. The van der Waals surface area contributed by atoms with Crippen LogP contribution in [0.4, 0.5) is 13.6 Å². The highest BCUT2D eigenvalue weighted by Crippen LogP contribution is 2.37. The second-order valence-corrected chi connectivity index (χ2v) is 11.2. The summed E-state index contributed by atoms with van der Waals surface area (Å²) in [6, 6.07) is 9.21. The SMILES string of the molecule is CC(C)(C)OC(=O)N1CCC(COc2c(F)cc(-c3ccccc3)c(S(C)(=O)=O)c2F)CC1. The summed E-state index contributed by atoms with van der Waals surface area (Å²) in [7, 11) is -4.01. The van der Waals surface area contributed by atoms with Crippen molar-refractivity contribution in [2.45, 2.75) is 44.1 Å². The van der Waals surface area contributed by atoms with Crippen molar-refractivity contribution in [3.05, 3.63) is 48.0 Å². The van der Waals surface area contributed by atoms with Crippen molar-refractivity contribution in [1.82, 2.24) is 4.90 Å². The van der Waals surface area contributed by atoms with Gasteiger partial charge in [-0.05, 0) is 51.2 Å². The molecule has 1 aliphatic heterocycles. The minimum atomic E-state index is -4.01. The molecule has 0 spiro atoms. The summed E-state index contributed by atoms with van der Waals surface area (Å²) in [5.41, 5.74) is -0.252. The van der Waals surface area contributed by atoms with Gasteiger partial charge in [0.2, 0.25) is 0 Å². The highest BCUT2D eigenvalue weighted by atomic mass is 32.2. The Morgan fingerprint density at radius 2 is 1.73 bits per heavy atom. The smallest absolute Gasteiger partial charge is 0.410 e. The van der Waals surface area contributed by atoms with E-state index >= 15 is 4.39 Å². The fourth-order valence-corrected chi connectivity index (χ4v) is 4.72. The molecule has 1 aliphatic rings. The van der Waals surface area contributed by atoms with Crippen molar-refractivity contribution >= 4 is 15.9 Å². The minimum Gasteiger partial charge on any atom is -0.487 e. The van der Waals surface area contributed by atoms with Gasteiger partial charge in [-0.3, -0.25) is 0 Å². The number of likely N-dealkylation sites (tertiary alicyclic amines) is 1. The summed E-state index contributed by atoms with van der Waals surface area (Å²) in [4.78, 5) is 13.2. The second kappa shape index (κ2) is 9.67. The van der Waals surface area contributed by atoms with Gasteiger partial charge in [0.1, 0.15) is 10.5 Å². The van der Waals surface area contributed by atoms with E-state index in [0.29, 0.717) is 31.5 Å². The molecule has 0 atom stereocenters. The monoisotopic (exact) mass is 481 g/mol. The van der Waals surface area contributed by atoms with Crippen LogP contribution in [0.1, 0.15) is 33.6 Å². The summed E-state index contributed by atoms with van der Waals surface area (Å²) in [5, 5.41) is 0. The topological polar surface area (TPSA) is 72.9 Å². The van der Waals surface area contributed by atoms with Gasteiger partial charge in [0, 0.05) is 24.9 Å². The van der Waals surface area contributed by atoms with E-state index < -0.39 is 43.8 Å². The molecule has 2 aromatic rings. The fraction of sp³-hybridized carbons (Fsp3) is 0.458. The lowest BCUT2D eigenvalue weighted by Gasteiger charge is -2.33. The maximum Gasteiger partial charge on any atom is 0.410 e. The summed E-state index contributed by atoms with van der Waals surface area (Å²) in [5.74, 6) is -2.95. The summed E-state index contributed by atoms with van der Waals surface area (Å²) in [6.45, 7) is 6.27. The molecular formula is C24H29F2NO5S. The lowest BCUT2D eigenvalue weighted by molar-refractivity contribution is 0.0163. The molecule has 1 saturated heterocycles. The molecule has 33 heavy (non-hydrogen) atoms. The maximum atomic E-state index is 15.2. The molecule has 0 N–H and O–H groups in total. The lowest BCUT2D eigenvalue weighted by atomic mass is 9.98. The number of hydrogen-bond donors (Lipinski definition) is 0. The number of ether oxygens (including phenoxy) is 2. The van der Waals surface area contributed by atoms with Crippen LogP contribution in [0.3, 0.4) is 0 Å². The first-order valence-corrected chi connectivity index (χ1v) is 12.6. The average molecular weight is 482 g/mol. The van der Waals surface area contributed by atoms with E-state index in [1.54, 1.807) is 56.0 Å². The Morgan fingerprint density at radius 1 is 1.12 bits per heavy atom. The normalized spacial score (nSPS) is 15.4. The van der Waals surface area contributed by atoms with Gasteiger partial charge >= 0.3 is 6.09 Å². The van der Waals surface area contributed by atoms with Crippen molar-refractivity contribution < 1.29 is 31.5 Å². The minimum absolute atomic E-state index is 0.00385. The molecule has 1 amide bonds. The average Bonchev–Trinajstić information content (AvgIpc) is 2.72.